The van der Waals surface area contributed by atoms with Crippen LogP contribution in [-0.4, -0.2) is 37.0 Å². The summed E-state index contributed by atoms with van der Waals surface area (Å²) in [4.78, 5) is 26.3. The van der Waals surface area contributed by atoms with Crippen molar-refractivity contribution in [2.45, 2.75) is 6.92 Å². The summed E-state index contributed by atoms with van der Waals surface area (Å²) in [5, 5.41) is 10.2. The van der Waals surface area contributed by atoms with Crippen LogP contribution in [0.3, 0.4) is 0 Å². The van der Waals surface area contributed by atoms with E-state index in [0.29, 0.717) is 27.1 Å². The molecule has 8 heteroatoms. The lowest BCUT2D eigenvalue weighted by Crippen LogP contribution is -2.44. The Balaban J connectivity index is 2.00. The van der Waals surface area contributed by atoms with E-state index < -0.39 is 11.8 Å². The zero-order valence-electron chi connectivity index (χ0n) is 15.7. The van der Waals surface area contributed by atoms with Gasteiger partial charge in [0, 0.05) is 18.2 Å². The summed E-state index contributed by atoms with van der Waals surface area (Å²) >= 11 is 12.0. The molecule has 1 aliphatic rings. The first-order valence-corrected chi connectivity index (χ1v) is 9.36. The topological polar surface area (TPSA) is 83.5 Å². The number of nitriles is 1. The van der Waals surface area contributed by atoms with Crippen LogP contribution in [0.15, 0.2) is 51.5 Å². The molecule has 0 spiro atoms. The number of carbonyl (C=O) groups excluding carboxylic acids is 2. The molecule has 6 nitrogen and oxygen atoms in total. The van der Waals surface area contributed by atoms with Gasteiger partial charge in [-0.25, -0.2) is 0 Å². The number of hydrogen-bond acceptors (Lipinski definition) is 5. The number of methoxy groups -OCH3 is 1. The molecule has 1 aromatic carbocycles. The van der Waals surface area contributed by atoms with E-state index in [4.69, 9.17) is 32.4 Å². The number of furan rings is 1. The second kappa shape index (κ2) is 8.66. The van der Waals surface area contributed by atoms with Gasteiger partial charge in [0.1, 0.15) is 23.2 Å². The minimum absolute atomic E-state index is 0.0522. The highest BCUT2D eigenvalue weighted by atomic mass is 35.5. The number of amides is 2. The molecule has 0 N–H and O–H groups in total. The molecule has 29 heavy (non-hydrogen) atoms. The highest BCUT2D eigenvalue weighted by molar-refractivity contribution is 6.42. The van der Waals surface area contributed by atoms with Crippen molar-refractivity contribution < 1.29 is 18.7 Å². The van der Waals surface area contributed by atoms with Crippen LogP contribution in [0.4, 0.5) is 0 Å². The average Bonchev–Trinajstić information content (AvgIpc) is 3.16. The third kappa shape index (κ3) is 4.13. The molecule has 0 aliphatic carbocycles. The molecule has 0 bridgehead atoms. The molecule has 0 atom stereocenters. The zero-order valence-corrected chi connectivity index (χ0v) is 17.2. The molecule has 148 valence electrons. The van der Waals surface area contributed by atoms with Crippen molar-refractivity contribution in [3.8, 4) is 17.4 Å². The Hall–Kier alpha value is -2.85. The first-order valence-electron chi connectivity index (χ1n) is 8.60. The molecule has 0 radical (unpaired) electrons. The van der Waals surface area contributed by atoms with E-state index in [-0.39, 0.29) is 24.3 Å². The van der Waals surface area contributed by atoms with E-state index in [1.807, 2.05) is 6.07 Å². The fourth-order valence-corrected chi connectivity index (χ4v) is 3.19. The lowest BCUT2D eigenvalue weighted by Gasteiger charge is -2.26. The van der Waals surface area contributed by atoms with Crippen molar-refractivity contribution in [2.75, 3.05) is 20.3 Å². The Morgan fingerprint density at radius 1 is 1.17 bits per heavy atom. The molecule has 1 aromatic heterocycles. The van der Waals surface area contributed by atoms with Crippen molar-refractivity contribution in [2.24, 2.45) is 0 Å². The van der Waals surface area contributed by atoms with Crippen molar-refractivity contribution in [1.29, 1.82) is 5.26 Å². The Bertz CT molecular complexity index is 1090. The number of imide groups is 1. The van der Waals surface area contributed by atoms with E-state index in [1.54, 1.807) is 37.3 Å². The maximum Gasteiger partial charge on any atom is 0.271 e. The molecule has 2 aromatic rings. The number of hydrogen-bond donors (Lipinski definition) is 0. The number of carbonyl (C=O) groups is 2. The fourth-order valence-electron chi connectivity index (χ4n) is 2.89. The van der Waals surface area contributed by atoms with Crippen LogP contribution >= 0.6 is 23.2 Å². The second-order valence-electron chi connectivity index (χ2n) is 6.26. The van der Waals surface area contributed by atoms with Crippen molar-refractivity contribution in [3.05, 3.63) is 62.9 Å². The normalized spacial score (nSPS) is 16.0. The van der Waals surface area contributed by atoms with Crippen LogP contribution in [0.2, 0.25) is 10.0 Å². The molecule has 2 heterocycles. The standard InChI is InChI=1S/C21H16Cl2N2O4/c1-12-15(20(26)25(7-8-28-2)21(27)16(12)11-24)10-14-4-6-19(29-14)13-3-5-17(22)18(23)9-13/h3-6,9-10H,7-8H2,1-2H3/b15-10+. The van der Waals surface area contributed by atoms with E-state index >= 15 is 0 Å². The van der Waals surface area contributed by atoms with E-state index in [1.165, 1.54) is 13.2 Å². The van der Waals surface area contributed by atoms with Gasteiger partial charge in [-0.1, -0.05) is 23.2 Å². The summed E-state index contributed by atoms with van der Waals surface area (Å²) in [5.74, 6) is -0.198. The Morgan fingerprint density at radius 3 is 2.59 bits per heavy atom. The van der Waals surface area contributed by atoms with Crippen LogP contribution in [0, 0.1) is 11.3 Å². The molecule has 2 amide bonds. The second-order valence-corrected chi connectivity index (χ2v) is 7.07. The fraction of sp³-hybridized carbons (Fsp3) is 0.190. The van der Waals surface area contributed by atoms with Crippen molar-refractivity contribution in [1.82, 2.24) is 4.90 Å². The third-order valence-electron chi connectivity index (χ3n) is 4.46. The van der Waals surface area contributed by atoms with Crippen LogP contribution in [0.1, 0.15) is 12.7 Å². The zero-order chi connectivity index (χ0) is 21.1. The highest BCUT2D eigenvalue weighted by Crippen LogP contribution is 2.31. The van der Waals surface area contributed by atoms with Gasteiger partial charge in [-0.15, -0.1) is 0 Å². The highest BCUT2D eigenvalue weighted by Gasteiger charge is 2.35. The molecular formula is C21H16Cl2N2O4. The summed E-state index contributed by atoms with van der Waals surface area (Å²) < 4.78 is 10.8. The number of ether oxygens (including phenoxy) is 1. The Labute approximate surface area is 177 Å². The third-order valence-corrected chi connectivity index (χ3v) is 5.20. The summed E-state index contributed by atoms with van der Waals surface area (Å²) in [6.45, 7) is 1.79. The Kier molecular flexibility index (Phi) is 6.23. The van der Waals surface area contributed by atoms with Gasteiger partial charge in [0.05, 0.1) is 23.2 Å². The predicted octanol–water partition coefficient (Wildman–Crippen LogP) is 4.49. The van der Waals surface area contributed by atoms with E-state index in [2.05, 4.69) is 0 Å². The van der Waals surface area contributed by atoms with Gasteiger partial charge in [-0.2, -0.15) is 5.26 Å². The Morgan fingerprint density at radius 2 is 1.93 bits per heavy atom. The van der Waals surface area contributed by atoms with Gasteiger partial charge >= 0.3 is 0 Å². The van der Waals surface area contributed by atoms with E-state index in [0.717, 1.165) is 10.5 Å². The average molecular weight is 431 g/mol. The lowest BCUT2D eigenvalue weighted by atomic mass is 9.95. The van der Waals surface area contributed by atoms with Crippen LogP contribution in [0.5, 0.6) is 0 Å². The number of benzene rings is 1. The van der Waals surface area contributed by atoms with Gasteiger partial charge in [0.15, 0.2) is 0 Å². The largest absolute Gasteiger partial charge is 0.457 e. The monoisotopic (exact) mass is 430 g/mol. The number of nitrogens with zero attached hydrogens (tertiary/aromatic N) is 2. The maximum atomic E-state index is 12.8. The summed E-state index contributed by atoms with van der Waals surface area (Å²) in [6, 6.07) is 10.4. The first kappa shape index (κ1) is 20.9. The van der Waals surface area contributed by atoms with Gasteiger partial charge in [-0.3, -0.25) is 14.5 Å². The van der Waals surface area contributed by atoms with Crippen molar-refractivity contribution >= 4 is 41.1 Å². The molecule has 0 unspecified atom stereocenters. The van der Waals surface area contributed by atoms with Crippen LogP contribution < -0.4 is 0 Å². The SMILES string of the molecule is COCCN1C(=O)C(C#N)=C(C)/C(=C\c2ccc(-c3ccc(Cl)c(Cl)c3)o2)C1=O. The summed E-state index contributed by atoms with van der Waals surface area (Å²) in [5.41, 5.74) is 1.17. The molecule has 0 fully saturated rings. The maximum absolute atomic E-state index is 12.8. The van der Waals surface area contributed by atoms with Crippen molar-refractivity contribution in [3.63, 3.8) is 0 Å². The first-order chi connectivity index (χ1) is 13.9. The van der Waals surface area contributed by atoms with Gasteiger partial charge in [0.2, 0.25) is 0 Å². The number of rotatable bonds is 5. The minimum Gasteiger partial charge on any atom is -0.457 e. The molecular weight excluding hydrogens is 415 g/mol. The smallest absolute Gasteiger partial charge is 0.271 e. The summed E-state index contributed by atoms with van der Waals surface area (Å²) in [6.07, 6.45) is 1.52. The van der Waals surface area contributed by atoms with Crippen LogP contribution in [0.25, 0.3) is 17.4 Å². The molecule has 0 saturated carbocycles. The predicted molar refractivity (Wildman–Crippen MR) is 109 cm³/mol. The molecule has 0 saturated heterocycles. The van der Waals surface area contributed by atoms with Gasteiger partial charge < -0.3 is 9.15 Å². The number of halogens is 2. The molecule has 3 rings (SSSR count). The minimum atomic E-state index is -0.625. The van der Waals surface area contributed by atoms with E-state index in [9.17, 15) is 14.9 Å². The van der Waals surface area contributed by atoms with Gasteiger partial charge in [0.25, 0.3) is 11.8 Å². The summed E-state index contributed by atoms with van der Waals surface area (Å²) in [7, 11) is 1.47. The van der Waals surface area contributed by atoms with Gasteiger partial charge in [-0.05, 0) is 48.9 Å². The lowest BCUT2D eigenvalue weighted by molar-refractivity contribution is -0.141. The van der Waals surface area contributed by atoms with Crippen LogP contribution in [-0.2, 0) is 14.3 Å². The molecule has 1 aliphatic heterocycles. The quantitative estimate of drug-likeness (QED) is 0.515.